The molecule has 7 nitrogen and oxygen atoms in total. The topological polar surface area (TPSA) is 78.4 Å². The van der Waals surface area contributed by atoms with Crippen molar-refractivity contribution in [1.82, 2.24) is 15.0 Å². The van der Waals surface area contributed by atoms with Crippen LogP contribution in [0.15, 0.2) is 36.7 Å². The Kier molecular flexibility index (Phi) is 5.83. The number of benzene rings is 2. The molecular weight excluding hydrogens is 391 g/mol. The first-order valence-electron chi connectivity index (χ1n) is 7.77. The SMILES string of the molecule is COc1cc(Nc2ncnc(-c3ccc(Cl)c(Cl)c3)n2)cc(OC)c1OC. The zero-order valence-electron chi connectivity index (χ0n) is 14.8. The average molecular weight is 407 g/mol. The third-order valence-corrected chi connectivity index (χ3v) is 4.41. The van der Waals surface area contributed by atoms with E-state index in [2.05, 4.69) is 20.3 Å². The van der Waals surface area contributed by atoms with Gasteiger partial charge in [-0.3, -0.25) is 0 Å². The predicted molar refractivity (Wildman–Crippen MR) is 105 cm³/mol. The van der Waals surface area contributed by atoms with Crippen molar-refractivity contribution in [2.24, 2.45) is 0 Å². The molecule has 0 saturated heterocycles. The monoisotopic (exact) mass is 406 g/mol. The van der Waals surface area contributed by atoms with E-state index < -0.39 is 0 Å². The van der Waals surface area contributed by atoms with Gasteiger partial charge in [0.25, 0.3) is 0 Å². The Balaban J connectivity index is 1.93. The van der Waals surface area contributed by atoms with Crippen LogP contribution in [0.4, 0.5) is 11.6 Å². The Hall–Kier alpha value is -2.77. The molecule has 0 unspecified atom stereocenters. The molecule has 0 aliphatic carbocycles. The number of nitrogens with zero attached hydrogens (tertiary/aromatic N) is 3. The average Bonchev–Trinajstić information content (AvgIpc) is 2.69. The normalized spacial score (nSPS) is 10.4. The lowest BCUT2D eigenvalue weighted by atomic mass is 10.2. The summed E-state index contributed by atoms with van der Waals surface area (Å²) >= 11 is 12.0. The van der Waals surface area contributed by atoms with Crippen molar-refractivity contribution in [1.29, 1.82) is 0 Å². The quantitative estimate of drug-likeness (QED) is 0.639. The minimum absolute atomic E-state index is 0.348. The number of rotatable bonds is 6. The maximum Gasteiger partial charge on any atom is 0.230 e. The first-order valence-corrected chi connectivity index (χ1v) is 8.52. The summed E-state index contributed by atoms with van der Waals surface area (Å²) in [5, 5.41) is 3.99. The smallest absolute Gasteiger partial charge is 0.230 e. The van der Waals surface area contributed by atoms with E-state index in [1.807, 2.05) is 0 Å². The van der Waals surface area contributed by atoms with Gasteiger partial charge in [-0.1, -0.05) is 23.2 Å². The highest BCUT2D eigenvalue weighted by molar-refractivity contribution is 6.42. The molecule has 0 aliphatic heterocycles. The predicted octanol–water partition coefficient (Wildman–Crippen LogP) is 4.61. The van der Waals surface area contributed by atoms with Gasteiger partial charge in [0.2, 0.25) is 11.7 Å². The van der Waals surface area contributed by atoms with Gasteiger partial charge in [-0.25, -0.2) is 9.97 Å². The summed E-state index contributed by atoms with van der Waals surface area (Å²) < 4.78 is 16.0. The van der Waals surface area contributed by atoms with E-state index in [9.17, 15) is 0 Å². The van der Waals surface area contributed by atoms with Crippen molar-refractivity contribution in [3.05, 3.63) is 46.7 Å². The summed E-state index contributed by atoms with van der Waals surface area (Å²) in [5.74, 6) is 2.33. The largest absolute Gasteiger partial charge is 0.493 e. The van der Waals surface area contributed by atoms with Crippen LogP contribution in [0.3, 0.4) is 0 Å². The van der Waals surface area contributed by atoms with Crippen LogP contribution in [0.2, 0.25) is 10.0 Å². The molecule has 27 heavy (non-hydrogen) atoms. The van der Waals surface area contributed by atoms with E-state index in [-0.39, 0.29) is 0 Å². The van der Waals surface area contributed by atoms with Crippen LogP contribution in [0, 0.1) is 0 Å². The van der Waals surface area contributed by atoms with Gasteiger partial charge < -0.3 is 19.5 Å². The molecule has 0 aliphatic rings. The first kappa shape index (κ1) is 19.0. The summed E-state index contributed by atoms with van der Waals surface area (Å²) in [4.78, 5) is 12.7. The van der Waals surface area contributed by atoms with Crippen molar-refractivity contribution < 1.29 is 14.2 Å². The standard InChI is InChI=1S/C18H16Cl2N4O3/c1-25-14-7-11(8-15(26-2)16(14)27-3)23-18-22-9-21-17(24-18)10-4-5-12(19)13(20)6-10/h4-9H,1-3H3,(H,21,22,23,24). The van der Waals surface area contributed by atoms with E-state index in [0.29, 0.717) is 44.8 Å². The molecule has 1 aromatic heterocycles. The third-order valence-electron chi connectivity index (χ3n) is 3.67. The molecule has 9 heteroatoms. The lowest BCUT2D eigenvalue weighted by Crippen LogP contribution is -2.02. The molecular formula is C18H16Cl2N4O3. The van der Waals surface area contributed by atoms with Gasteiger partial charge in [-0.2, -0.15) is 4.98 Å². The minimum Gasteiger partial charge on any atom is -0.493 e. The second-order valence-corrected chi connectivity index (χ2v) is 6.11. The van der Waals surface area contributed by atoms with E-state index in [1.54, 1.807) is 51.7 Å². The van der Waals surface area contributed by atoms with Crippen LogP contribution in [0.25, 0.3) is 11.4 Å². The van der Waals surface area contributed by atoms with Crippen molar-refractivity contribution in [2.75, 3.05) is 26.6 Å². The van der Waals surface area contributed by atoms with Crippen molar-refractivity contribution >= 4 is 34.8 Å². The Morgan fingerprint density at radius 2 is 1.56 bits per heavy atom. The molecule has 0 fully saturated rings. The van der Waals surface area contributed by atoms with Crippen LogP contribution in [-0.2, 0) is 0 Å². The Morgan fingerprint density at radius 1 is 0.852 bits per heavy atom. The van der Waals surface area contributed by atoms with Crippen molar-refractivity contribution in [2.45, 2.75) is 0 Å². The number of nitrogens with one attached hydrogen (secondary N) is 1. The number of halogens is 2. The Bertz CT molecular complexity index is 944. The minimum atomic E-state index is 0.348. The highest BCUT2D eigenvalue weighted by Gasteiger charge is 2.14. The van der Waals surface area contributed by atoms with Gasteiger partial charge in [0, 0.05) is 23.4 Å². The van der Waals surface area contributed by atoms with Gasteiger partial charge >= 0.3 is 0 Å². The maximum absolute atomic E-state index is 6.07. The Morgan fingerprint density at radius 3 is 2.15 bits per heavy atom. The maximum atomic E-state index is 6.07. The molecule has 0 spiro atoms. The molecule has 0 amide bonds. The zero-order valence-corrected chi connectivity index (χ0v) is 16.3. The van der Waals surface area contributed by atoms with Gasteiger partial charge in [0.15, 0.2) is 17.3 Å². The lowest BCUT2D eigenvalue weighted by molar-refractivity contribution is 0.324. The van der Waals surface area contributed by atoms with Gasteiger partial charge in [0.05, 0.1) is 31.4 Å². The number of methoxy groups -OCH3 is 3. The molecule has 0 atom stereocenters. The fourth-order valence-electron chi connectivity index (χ4n) is 2.41. The highest BCUT2D eigenvalue weighted by Crippen LogP contribution is 2.40. The van der Waals surface area contributed by atoms with E-state index in [4.69, 9.17) is 37.4 Å². The summed E-state index contributed by atoms with van der Waals surface area (Å²) in [6, 6.07) is 8.68. The molecule has 0 radical (unpaired) electrons. The molecule has 1 heterocycles. The van der Waals surface area contributed by atoms with Crippen LogP contribution < -0.4 is 19.5 Å². The summed E-state index contributed by atoms with van der Waals surface area (Å²) in [6.45, 7) is 0. The van der Waals surface area contributed by atoms with Crippen LogP contribution in [0.5, 0.6) is 17.2 Å². The summed E-state index contributed by atoms with van der Waals surface area (Å²) in [7, 11) is 4.64. The van der Waals surface area contributed by atoms with E-state index in [1.165, 1.54) is 6.33 Å². The molecule has 3 rings (SSSR count). The fourth-order valence-corrected chi connectivity index (χ4v) is 2.71. The molecule has 0 saturated carbocycles. The number of hydrogen-bond donors (Lipinski definition) is 1. The van der Waals surface area contributed by atoms with Crippen molar-refractivity contribution in [3.8, 4) is 28.6 Å². The second kappa shape index (κ2) is 8.28. The van der Waals surface area contributed by atoms with E-state index in [0.717, 1.165) is 5.56 Å². The summed E-state index contributed by atoms with van der Waals surface area (Å²) in [5.41, 5.74) is 1.38. The molecule has 140 valence electrons. The van der Waals surface area contributed by atoms with Crippen LogP contribution in [0.1, 0.15) is 0 Å². The number of hydrogen-bond acceptors (Lipinski definition) is 7. The Labute approximate surface area is 166 Å². The molecule has 2 aromatic carbocycles. The molecule has 3 aromatic rings. The number of anilines is 2. The fraction of sp³-hybridized carbons (Fsp3) is 0.167. The van der Waals surface area contributed by atoms with Gasteiger partial charge in [-0.15, -0.1) is 0 Å². The summed E-state index contributed by atoms with van der Waals surface area (Å²) in [6.07, 6.45) is 1.41. The molecule has 0 bridgehead atoms. The van der Waals surface area contributed by atoms with Crippen LogP contribution in [-0.4, -0.2) is 36.3 Å². The molecule has 1 N–H and O–H groups in total. The third kappa shape index (κ3) is 4.15. The van der Waals surface area contributed by atoms with E-state index >= 15 is 0 Å². The zero-order chi connectivity index (χ0) is 19.4. The second-order valence-electron chi connectivity index (χ2n) is 5.30. The first-order chi connectivity index (χ1) is 13.0. The number of ether oxygens (including phenoxy) is 3. The van der Waals surface area contributed by atoms with Gasteiger partial charge in [0.1, 0.15) is 6.33 Å². The number of aromatic nitrogens is 3. The van der Waals surface area contributed by atoms with Crippen molar-refractivity contribution in [3.63, 3.8) is 0 Å². The van der Waals surface area contributed by atoms with Gasteiger partial charge in [-0.05, 0) is 18.2 Å². The lowest BCUT2D eigenvalue weighted by Gasteiger charge is -2.14. The van der Waals surface area contributed by atoms with Crippen LogP contribution >= 0.6 is 23.2 Å². The highest BCUT2D eigenvalue weighted by atomic mass is 35.5.